The fourth-order valence-electron chi connectivity index (χ4n) is 5.35. The van der Waals surface area contributed by atoms with E-state index in [2.05, 4.69) is 21.3 Å². The first-order valence-electron chi connectivity index (χ1n) is 13.5. The maximum atomic E-state index is 12.9. The first kappa shape index (κ1) is 26.5. The van der Waals surface area contributed by atoms with Gasteiger partial charge in [-0.1, -0.05) is 81.0 Å². The molecule has 2 aromatic rings. The number of carbonyl (C=O) groups is 3. The molecule has 2 aromatic carbocycles. The SMILES string of the molecule is O=C(Nc1cc(CC(NC(=O)NC2CCCCC2)C(=O)O)ccc1-c1ccccc1)NC1CCCCC1. The van der Waals surface area contributed by atoms with E-state index in [0.717, 1.165) is 62.5 Å². The fraction of sp³-hybridized carbons (Fsp3) is 0.483. The van der Waals surface area contributed by atoms with Crippen LogP contribution in [-0.4, -0.2) is 41.3 Å². The van der Waals surface area contributed by atoms with Crippen LogP contribution in [0.3, 0.4) is 0 Å². The van der Waals surface area contributed by atoms with Gasteiger partial charge in [0.05, 0.1) is 5.69 Å². The van der Waals surface area contributed by atoms with Crippen LogP contribution < -0.4 is 21.3 Å². The Labute approximate surface area is 218 Å². The van der Waals surface area contributed by atoms with Gasteiger partial charge >= 0.3 is 18.0 Å². The summed E-state index contributed by atoms with van der Waals surface area (Å²) in [6.07, 6.45) is 10.7. The van der Waals surface area contributed by atoms with Crippen molar-refractivity contribution in [1.29, 1.82) is 0 Å². The lowest BCUT2D eigenvalue weighted by Crippen LogP contribution is -2.50. The molecule has 0 saturated heterocycles. The van der Waals surface area contributed by atoms with E-state index < -0.39 is 18.0 Å². The maximum Gasteiger partial charge on any atom is 0.326 e. The number of carboxylic acid groups (broad SMARTS) is 1. The molecule has 0 spiro atoms. The summed E-state index contributed by atoms with van der Waals surface area (Å²) in [6.45, 7) is 0. The zero-order valence-corrected chi connectivity index (χ0v) is 21.3. The molecular formula is C29H38N4O4. The van der Waals surface area contributed by atoms with Gasteiger partial charge in [-0.3, -0.25) is 0 Å². The second-order valence-corrected chi connectivity index (χ2v) is 10.2. The molecule has 8 nitrogen and oxygen atoms in total. The standard InChI is InChI=1S/C29H38N4O4/c34-27(35)26(33-29(37)31-23-14-8-3-9-15-23)19-20-16-17-24(21-10-4-1-5-11-21)25(18-20)32-28(36)30-22-12-6-2-7-13-22/h1,4-5,10-11,16-18,22-23,26H,2-3,6-9,12-15,19H2,(H,34,35)(H2,30,32,36)(H2,31,33,37). The molecule has 5 N–H and O–H groups in total. The van der Waals surface area contributed by atoms with E-state index >= 15 is 0 Å². The molecule has 198 valence electrons. The molecular weight excluding hydrogens is 468 g/mol. The van der Waals surface area contributed by atoms with Gasteiger partial charge in [0, 0.05) is 24.1 Å². The van der Waals surface area contributed by atoms with Crippen LogP contribution in [0.15, 0.2) is 48.5 Å². The topological polar surface area (TPSA) is 120 Å². The zero-order valence-electron chi connectivity index (χ0n) is 21.3. The highest BCUT2D eigenvalue weighted by atomic mass is 16.4. The van der Waals surface area contributed by atoms with Gasteiger partial charge in [0.15, 0.2) is 0 Å². The van der Waals surface area contributed by atoms with Crippen molar-refractivity contribution < 1.29 is 19.5 Å². The molecule has 1 unspecified atom stereocenters. The lowest BCUT2D eigenvalue weighted by molar-refractivity contribution is -0.139. The van der Waals surface area contributed by atoms with Crippen LogP contribution in [0, 0.1) is 0 Å². The van der Waals surface area contributed by atoms with E-state index in [-0.39, 0.29) is 24.5 Å². The van der Waals surface area contributed by atoms with E-state index in [1.807, 2.05) is 42.5 Å². The summed E-state index contributed by atoms with van der Waals surface area (Å²) in [5.74, 6) is -1.10. The van der Waals surface area contributed by atoms with Crippen molar-refractivity contribution in [2.24, 2.45) is 0 Å². The van der Waals surface area contributed by atoms with Crippen molar-refractivity contribution in [3.05, 3.63) is 54.1 Å². The van der Waals surface area contributed by atoms with Gasteiger partial charge in [-0.2, -0.15) is 0 Å². The predicted molar refractivity (Wildman–Crippen MR) is 145 cm³/mol. The Morgan fingerprint density at radius 1 is 0.784 bits per heavy atom. The lowest BCUT2D eigenvalue weighted by atomic mass is 9.95. The number of urea groups is 2. The largest absolute Gasteiger partial charge is 0.480 e. The Balaban J connectivity index is 1.47. The first-order chi connectivity index (χ1) is 18.0. The first-order valence-corrected chi connectivity index (χ1v) is 13.5. The van der Waals surface area contributed by atoms with Crippen LogP contribution >= 0.6 is 0 Å². The predicted octanol–water partition coefficient (Wildman–Crippen LogP) is 5.44. The van der Waals surface area contributed by atoms with Crippen LogP contribution in [0.1, 0.15) is 69.8 Å². The zero-order chi connectivity index (χ0) is 26.0. The van der Waals surface area contributed by atoms with Crippen molar-refractivity contribution in [3.63, 3.8) is 0 Å². The average molecular weight is 507 g/mol. The molecule has 0 heterocycles. The molecule has 2 saturated carbocycles. The molecule has 0 aliphatic heterocycles. The summed E-state index contributed by atoms with van der Waals surface area (Å²) in [6, 6.07) is 13.7. The quantitative estimate of drug-likeness (QED) is 0.328. The highest BCUT2D eigenvalue weighted by molar-refractivity contribution is 5.95. The monoisotopic (exact) mass is 506 g/mol. The highest BCUT2D eigenvalue weighted by Gasteiger charge is 2.24. The van der Waals surface area contributed by atoms with Gasteiger partial charge in [-0.05, 0) is 42.9 Å². The lowest BCUT2D eigenvalue weighted by Gasteiger charge is -2.24. The average Bonchev–Trinajstić information content (AvgIpc) is 2.90. The summed E-state index contributed by atoms with van der Waals surface area (Å²) in [4.78, 5) is 37.3. The van der Waals surface area contributed by atoms with Gasteiger partial charge in [-0.15, -0.1) is 0 Å². The number of aliphatic carboxylic acids is 1. The number of carbonyl (C=O) groups excluding carboxylic acids is 2. The Bertz CT molecular complexity index is 1060. The summed E-state index contributed by atoms with van der Waals surface area (Å²) in [5, 5.41) is 21.4. The Hall–Kier alpha value is -3.55. The molecule has 4 rings (SSSR count). The molecule has 2 aliphatic rings. The molecule has 0 aromatic heterocycles. The minimum atomic E-state index is -1.10. The van der Waals surface area contributed by atoms with Crippen molar-refractivity contribution in [3.8, 4) is 11.1 Å². The number of rotatable bonds is 8. The molecule has 0 bridgehead atoms. The van der Waals surface area contributed by atoms with Crippen molar-refractivity contribution in [1.82, 2.24) is 16.0 Å². The van der Waals surface area contributed by atoms with Crippen molar-refractivity contribution in [2.75, 3.05) is 5.32 Å². The van der Waals surface area contributed by atoms with Gasteiger partial charge in [0.1, 0.15) is 6.04 Å². The van der Waals surface area contributed by atoms with E-state index in [1.54, 1.807) is 6.07 Å². The van der Waals surface area contributed by atoms with Gasteiger partial charge < -0.3 is 26.4 Å². The normalized spacial score (nSPS) is 17.4. The minimum Gasteiger partial charge on any atom is -0.480 e. The third kappa shape index (κ3) is 7.97. The van der Waals surface area contributed by atoms with Gasteiger partial charge in [-0.25, -0.2) is 14.4 Å². The van der Waals surface area contributed by atoms with E-state index in [4.69, 9.17) is 0 Å². The van der Waals surface area contributed by atoms with E-state index in [9.17, 15) is 19.5 Å². The molecule has 2 fully saturated rings. The number of anilines is 1. The molecule has 8 heteroatoms. The smallest absolute Gasteiger partial charge is 0.326 e. The molecule has 2 aliphatic carbocycles. The number of carboxylic acids is 1. The minimum absolute atomic E-state index is 0.0897. The second kappa shape index (κ2) is 13.1. The number of hydrogen-bond donors (Lipinski definition) is 5. The van der Waals surface area contributed by atoms with Crippen LogP contribution in [0.25, 0.3) is 11.1 Å². The van der Waals surface area contributed by atoms with Crippen LogP contribution in [0.2, 0.25) is 0 Å². The third-order valence-corrected chi connectivity index (χ3v) is 7.34. The summed E-state index contributed by atoms with van der Waals surface area (Å²) < 4.78 is 0. The van der Waals surface area contributed by atoms with Crippen molar-refractivity contribution >= 4 is 23.7 Å². The van der Waals surface area contributed by atoms with Crippen LogP contribution in [0.5, 0.6) is 0 Å². The number of hydrogen-bond acceptors (Lipinski definition) is 3. The number of amides is 4. The summed E-state index contributed by atoms with van der Waals surface area (Å²) in [5.41, 5.74) is 3.10. The van der Waals surface area contributed by atoms with Crippen LogP contribution in [-0.2, 0) is 11.2 Å². The van der Waals surface area contributed by atoms with E-state index in [0.29, 0.717) is 11.3 Å². The van der Waals surface area contributed by atoms with E-state index in [1.165, 1.54) is 12.8 Å². The Kier molecular flexibility index (Phi) is 9.40. The molecule has 1 atom stereocenters. The van der Waals surface area contributed by atoms with Crippen molar-refractivity contribution in [2.45, 2.75) is 88.8 Å². The van der Waals surface area contributed by atoms with Gasteiger partial charge in [0.2, 0.25) is 0 Å². The number of benzene rings is 2. The fourth-order valence-corrected chi connectivity index (χ4v) is 5.35. The highest BCUT2D eigenvalue weighted by Crippen LogP contribution is 2.30. The van der Waals surface area contributed by atoms with Crippen LogP contribution in [0.4, 0.5) is 15.3 Å². The molecule has 37 heavy (non-hydrogen) atoms. The Morgan fingerprint density at radius 3 is 1.97 bits per heavy atom. The third-order valence-electron chi connectivity index (χ3n) is 7.34. The second-order valence-electron chi connectivity index (χ2n) is 10.2. The van der Waals surface area contributed by atoms with Gasteiger partial charge in [0.25, 0.3) is 0 Å². The number of nitrogens with one attached hydrogen (secondary N) is 4. The summed E-state index contributed by atoms with van der Waals surface area (Å²) in [7, 11) is 0. The molecule has 0 radical (unpaired) electrons. The summed E-state index contributed by atoms with van der Waals surface area (Å²) >= 11 is 0. The molecule has 4 amide bonds. The Morgan fingerprint density at radius 2 is 1.38 bits per heavy atom. The maximum absolute atomic E-state index is 12.9.